The van der Waals surface area contributed by atoms with Gasteiger partial charge in [0, 0.05) is 23.6 Å². The third-order valence-electron chi connectivity index (χ3n) is 3.32. The van der Waals surface area contributed by atoms with Crippen LogP contribution in [-0.2, 0) is 0 Å². The number of nitrogens with zero attached hydrogens (tertiary/aromatic N) is 1. The first-order valence-electron chi connectivity index (χ1n) is 6.71. The van der Waals surface area contributed by atoms with Crippen LogP contribution in [0.1, 0.15) is 16.8 Å². The van der Waals surface area contributed by atoms with Crippen molar-refractivity contribution in [3.8, 4) is 0 Å². The fourth-order valence-electron chi connectivity index (χ4n) is 2.16. The number of hydrogen-bond acceptors (Lipinski definition) is 2. The van der Waals surface area contributed by atoms with Crippen molar-refractivity contribution in [1.29, 1.82) is 0 Å². The van der Waals surface area contributed by atoms with Crippen molar-refractivity contribution in [3.63, 3.8) is 0 Å². The second-order valence-corrected chi connectivity index (χ2v) is 5.81. The van der Waals surface area contributed by atoms with Gasteiger partial charge in [0.05, 0.1) is 0 Å². The monoisotopic (exact) mass is 334 g/mol. The van der Waals surface area contributed by atoms with E-state index in [9.17, 15) is 4.79 Å². The maximum absolute atomic E-state index is 12.3. The number of carbonyl (C=O) groups is 1. The molecular weight excluding hydrogens is 316 g/mol. The SMILES string of the molecule is CNCCCN(C)C(=O)c1ccc2cc(Br)ccc2c1. The summed E-state index contributed by atoms with van der Waals surface area (Å²) < 4.78 is 1.05. The zero-order valence-electron chi connectivity index (χ0n) is 11.8. The zero-order chi connectivity index (χ0) is 14.5. The average Bonchev–Trinajstić information content (AvgIpc) is 2.46. The van der Waals surface area contributed by atoms with Crippen LogP contribution in [0, 0.1) is 0 Å². The minimum atomic E-state index is 0.0749. The van der Waals surface area contributed by atoms with E-state index < -0.39 is 0 Å². The van der Waals surface area contributed by atoms with E-state index in [1.165, 1.54) is 0 Å². The normalized spacial score (nSPS) is 10.8. The van der Waals surface area contributed by atoms with E-state index in [4.69, 9.17) is 0 Å². The van der Waals surface area contributed by atoms with Gasteiger partial charge < -0.3 is 10.2 Å². The lowest BCUT2D eigenvalue weighted by Gasteiger charge is -2.17. The van der Waals surface area contributed by atoms with Gasteiger partial charge in [0.2, 0.25) is 0 Å². The minimum absolute atomic E-state index is 0.0749. The number of halogens is 1. The number of carbonyl (C=O) groups excluding carboxylic acids is 1. The number of nitrogens with one attached hydrogen (secondary N) is 1. The lowest BCUT2D eigenvalue weighted by molar-refractivity contribution is 0.0794. The Balaban J connectivity index is 2.15. The molecule has 0 bridgehead atoms. The number of amides is 1. The Morgan fingerprint density at radius 3 is 2.65 bits per heavy atom. The molecule has 0 spiro atoms. The van der Waals surface area contributed by atoms with Crippen LogP contribution in [0.15, 0.2) is 40.9 Å². The Bertz CT molecular complexity index is 612. The van der Waals surface area contributed by atoms with E-state index >= 15 is 0 Å². The topological polar surface area (TPSA) is 32.3 Å². The molecule has 0 saturated carbocycles. The largest absolute Gasteiger partial charge is 0.342 e. The van der Waals surface area contributed by atoms with Gasteiger partial charge in [-0.3, -0.25) is 4.79 Å². The molecule has 20 heavy (non-hydrogen) atoms. The molecule has 0 atom stereocenters. The third kappa shape index (κ3) is 3.58. The van der Waals surface area contributed by atoms with Crippen molar-refractivity contribution >= 4 is 32.6 Å². The molecule has 0 saturated heterocycles. The highest BCUT2D eigenvalue weighted by molar-refractivity contribution is 9.10. The Hall–Kier alpha value is -1.39. The molecule has 106 valence electrons. The zero-order valence-corrected chi connectivity index (χ0v) is 13.4. The van der Waals surface area contributed by atoms with Crippen LogP contribution in [0.2, 0.25) is 0 Å². The fraction of sp³-hybridized carbons (Fsp3) is 0.312. The van der Waals surface area contributed by atoms with Crippen LogP contribution < -0.4 is 5.32 Å². The predicted octanol–water partition coefficient (Wildman–Crippen LogP) is 3.28. The number of benzene rings is 2. The van der Waals surface area contributed by atoms with Crippen molar-refractivity contribution in [2.75, 3.05) is 27.2 Å². The Labute approximate surface area is 128 Å². The van der Waals surface area contributed by atoms with Gasteiger partial charge in [-0.1, -0.05) is 28.1 Å². The first-order valence-corrected chi connectivity index (χ1v) is 7.50. The van der Waals surface area contributed by atoms with Crippen molar-refractivity contribution in [2.45, 2.75) is 6.42 Å². The first-order chi connectivity index (χ1) is 9.61. The van der Waals surface area contributed by atoms with Crippen molar-refractivity contribution in [2.24, 2.45) is 0 Å². The molecule has 0 aliphatic rings. The van der Waals surface area contributed by atoms with Crippen LogP contribution in [0.3, 0.4) is 0 Å². The summed E-state index contributed by atoms with van der Waals surface area (Å²) in [6, 6.07) is 11.9. The highest BCUT2D eigenvalue weighted by atomic mass is 79.9. The summed E-state index contributed by atoms with van der Waals surface area (Å²) in [7, 11) is 3.77. The molecule has 1 N–H and O–H groups in total. The summed E-state index contributed by atoms with van der Waals surface area (Å²) in [5, 5.41) is 5.31. The van der Waals surface area contributed by atoms with Crippen molar-refractivity contribution < 1.29 is 4.79 Å². The van der Waals surface area contributed by atoms with Crippen LogP contribution >= 0.6 is 15.9 Å². The van der Waals surface area contributed by atoms with Crippen LogP contribution in [-0.4, -0.2) is 38.0 Å². The van der Waals surface area contributed by atoms with Crippen molar-refractivity contribution in [1.82, 2.24) is 10.2 Å². The second kappa shape index (κ2) is 6.86. The lowest BCUT2D eigenvalue weighted by Crippen LogP contribution is -2.29. The molecule has 1 amide bonds. The van der Waals surface area contributed by atoms with Crippen molar-refractivity contribution in [3.05, 3.63) is 46.4 Å². The molecule has 3 nitrogen and oxygen atoms in total. The molecule has 4 heteroatoms. The van der Waals surface area contributed by atoms with Gasteiger partial charge in [0.25, 0.3) is 5.91 Å². The van der Waals surface area contributed by atoms with Crippen LogP contribution in [0.25, 0.3) is 10.8 Å². The number of hydrogen-bond donors (Lipinski definition) is 1. The van der Waals surface area contributed by atoms with Gasteiger partial charge in [-0.25, -0.2) is 0 Å². The molecule has 2 aromatic carbocycles. The van der Waals surface area contributed by atoms with Gasteiger partial charge in [-0.2, -0.15) is 0 Å². The summed E-state index contributed by atoms with van der Waals surface area (Å²) in [4.78, 5) is 14.1. The summed E-state index contributed by atoms with van der Waals surface area (Å²) in [6.45, 7) is 1.68. The lowest BCUT2D eigenvalue weighted by atomic mass is 10.1. The number of rotatable bonds is 5. The maximum atomic E-state index is 12.3. The van der Waals surface area contributed by atoms with Gasteiger partial charge in [-0.05, 0) is 55.1 Å². The Morgan fingerprint density at radius 2 is 1.90 bits per heavy atom. The van der Waals surface area contributed by atoms with E-state index in [1.54, 1.807) is 4.90 Å². The predicted molar refractivity (Wildman–Crippen MR) is 87.2 cm³/mol. The van der Waals surface area contributed by atoms with E-state index in [2.05, 4.69) is 27.3 Å². The molecule has 0 heterocycles. The molecule has 0 unspecified atom stereocenters. The quantitative estimate of drug-likeness (QED) is 0.851. The summed E-state index contributed by atoms with van der Waals surface area (Å²) in [5.41, 5.74) is 0.742. The fourth-order valence-corrected chi connectivity index (χ4v) is 2.54. The molecule has 0 radical (unpaired) electrons. The van der Waals surface area contributed by atoms with E-state index in [0.29, 0.717) is 0 Å². The summed E-state index contributed by atoms with van der Waals surface area (Å²) in [6.07, 6.45) is 0.958. The van der Waals surface area contributed by atoms with Gasteiger partial charge in [0.1, 0.15) is 0 Å². The third-order valence-corrected chi connectivity index (χ3v) is 3.81. The molecule has 0 aromatic heterocycles. The first kappa shape index (κ1) is 15.0. The van der Waals surface area contributed by atoms with Gasteiger partial charge in [0.15, 0.2) is 0 Å². The van der Waals surface area contributed by atoms with E-state index in [0.717, 1.165) is 40.3 Å². The summed E-state index contributed by atoms with van der Waals surface area (Å²) >= 11 is 3.46. The minimum Gasteiger partial charge on any atom is -0.342 e. The Morgan fingerprint density at radius 1 is 1.20 bits per heavy atom. The highest BCUT2D eigenvalue weighted by Crippen LogP contribution is 2.21. The molecule has 0 aliphatic heterocycles. The van der Waals surface area contributed by atoms with E-state index in [1.807, 2.05) is 44.4 Å². The molecule has 0 fully saturated rings. The van der Waals surface area contributed by atoms with Crippen LogP contribution in [0.5, 0.6) is 0 Å². The molecule has 2 aromatic rings. The van der Waals surface area contributed by atoms with Gasteiger partial charge >= 0.3 is 0 Å². The Kier molecular flexibility index (Phi) is 5.15. The molecule has 2 rings (SSSR count). The standard InChI is InChI=1S/C16H19BrN2O/c1-18-8-3-9-19(2)16(20)14-5-4-13-11-15(17)7-6-12(13)10-14/h4-7,10-11,18H,3,8-9H2,1-2H3. The van der Waals surface area contributed by atoms with E-state index in [-0.39, 0.29) is 5.91 Å². The molecular formula is C16H19BrN2O. The highest BCUT2D eigenvalue weighted by Gasteiger charge is 2.11. The molecule has 0 aliphatic carbocycles. The maximum Gasteiger partial charge on any atom is 0.253 e. The van der Waals surface area contributed by atoms with Gasteiger partial charge in [-0.15, -0.1) is 0 Å². The second-order valence-electron chi connectivity index (χ2n) is 4.89. The number of fused-ring (bicyclic) bond motifs is 1. The smallest absolute Gasteiger partial charge is 0.253 e. The summed E-state index contributed by atoms with van der Waals surface area (Å²) in [5.74, 6) is 0.0749. The van der Waals surface area contributed by atoms with Crippen LogP contribution in [0.4, 0.5) is 0 Å². The average molecular weight is 335 g/mol.